The predicted octanol–water partition coefficient (Wildman–Crippen LogP) is 0.430. The van der Waals surface area contributed by atoms with E-state index < -0.39 is 0 Å². The second-order valence-electron chi connectivity index (χ2n) is 2.87. The number of fused-ring (bicyclic) bond motifs is 2. The molecule has 62 valence electrons. The van der Waals surface area contributed by atoms with E-state index in [4.69, 9.17) is 0 Å². The fourth-order valence-electron chi connectivity index (χ4n) is 1.47. The van der Waals surface area contributed by atoms with Crippen LogP contribution in [0.15, 0.2) is 16.3 Å². The molecule has 1 aliphatic carbocycles. The summed E-state index contributed by atoms with van der Waals surface area (Å²) in [5.41, 5.74) is 0.752. The predicted molar refractivity (Wildman–Crippen MR) is 47.6 cm³/mol. The lowest BCUT2D eigenvalue weighted by molar-refractivity contribution is 0.468. The van der Waals surface area contributed by atoms with Crippen LogP contribution in [0.4, 0.5) is 5.82 Å². The van der Waals surface area contributed by atoms with Gasteiger partial charge in [-0.25, -0.2) is 4.98 Å². The molecule has 0 amide bonds. The van der Waals surface area contributed by atoms with Crippen molar-refractivity contribution in [1.82, 2.24) is 4.98 Å². The standard InChI is InChI=1S/C9H5N3O/c13-8-5-2-1-3-7(5)11-9-6(8)4-10-12-9/h1-4,13H. The van der Waals surface area contributed by atoms with Gasteiger partial charge >= 0.3 is 0 Å². The number of azo groups is 1. The summed E-state index contributed by atoms with van der Waals surface area (Å²) in [5.74, 6) is 0.714. The zero-order valence-electron chi connectivity index (χ0n) is 6.60. The van der Waals surface area contributed by atoms with Gasteiger partial charge in [-0.2, -0.15) is 5.11 Å². The number of rotatable bonds is 0. The van der Waals surface area contributed by atoms with Crippen molar-refractivity contribution in [1.29, 1.82) is 0 Å². The van der Waals surface area contributed by atoms with E-state index in [1.807, 2.05) is 18.2 Å². The quantitative estimate of drug-likeness (QED) is 0.615. The van der Waals surface area contributed by atoms with Crippen LogP contribution >= 0.6 is 0 Å². The minimum Gasteiger partial charge on any atom is -0.506 e. The Kier molecular flexibility index (Phi) is 1.02. The van der Waals surface area contributed by atoms with Crippen LogP contribution in [0.2, 0.25) is 0 Å². The number of hydrogen-bond donors (Lipinski definition) is 1. The van der Waals surface area contributed by atoms with Crippen molar-refractivity contribution >= 4 is 24.2 Å². The smallest absolute Gasteiger partial charge is 0.187 e. The number of nitrogens with zero attached hydrogens (tertiary/aromatic N) is 3. The molecular formula is C9H5N3O. The fourth-order valence-corrected chi connectivity index (χ4v) is 1.47. The zero-order valence-corrected chi connectivity index (χ0v) is 6.60. The highest BCUT2D eigenvalue weighted by atomic mass is 16.3. The molecule has 0 unspecified atom stereocenters. The van der Waals surface area contributed by atoms with Crippen LogP contribution in [0.5, 0.6) is 5.75 Å². The van der Waals surface area contributed by atoms with Crippen LogP contribution in [0.1, 0.15) is 5.56 Å². The second kappa shape index (κ2) is 2.04. The van der Waals surface area contributed by atoms with Gasteiger partial charge in [0.15, 0.2) is 5.82 Å². The largest absolute Gasteiger partial charge is 0.506 e. The van der Waals surface area contributed by atoms with Gasteiger partial charge in [0, 0.05) is 5.56 Å². The van der Waals surface area contributed by atoms with Crippen LogP contribution in [0.3, 0.4) is 0 Å². The van der Waals surface area contributed by atoms with E-state index in [1.54, 1.807) is 0 Å². The fraction of sp³-hybridized carbons (Fsp3) is 0. The van der Waals surface area contributed by atoms with Gasteiger partial charge in [0.1, 0.15) is 5.75 Å². The van der Waals surface area contributed by atoms with Crippen LogP contribution in [0, 0.1) is 0 Å². The molecule has 4 nitrogen and oxygen atoms in total. The van der Waals surface area contributed by atoms with E-state index in [2.05, 4.69) is 15.2 Å². The first-order valence-corrected chi connectivity index (χ1v) is 3.89. The Balaban J connectivity index is 2.56. The van der Waals surface area contributed by atoms with Crippen molar-refractivity contribution in [3.8, 4) is 5.75 Å². The molecule has 0 saturated heterocycles. The molecule has 3 rings (SSSR count). The molecule has 2 aliphatic rings. The summed E-state index contributed by atoms with van der Waals surface area (Å²) in [7, 11) is 0. The summed E-state index contributed by atoms with van der Waals surface area (Å²) in [6.45, 7) is 0. The maximum atomic E-state index is 9.77. The maximum Gasteiger partial charge on any atom is 0.187 e. The van der Waals surface area contributed by atoms with E-state index >= 15 is 0 Å². The highest BCUT2D eigenvalue weighted by Crippen LogP contribution is 2.17. The molecule has 0 bridgehead atoms. The van der Waals surface area contributed by atoms with Gasteiger partial charge in [0.25, 0.3) is 0 Å². The summed E-state index contributed by atoms with van der Waals surface area (Å²) >= 11 is 0. The summed E-state index contributed by atoms with van der Waals surface area (Å²) in [5, 5.41) is 18.6. The molecule has 2 heterocycles. The second-order valence-corrected chi connectivity index (χ2v) is 2.87. The number of aromatic nitrogens is 1. The summed E-state index contributed by atoms with van der Waals surface area (Å²) in [4.78, 5) is 4.22. The molecule has 13 heavy (non-hydrogen) atoms. The Hall–Kier alpha value is -1.97. The highest BCUT2D eigenvalue weighted by Gasteiger charge is 2.12. The van der Waals surface area contributed by atoms with Gasteiger partial charge in [-0.15, -0.1) is 5.11 Å². The van der Waals surface area contributed by atoms with Crippen LogP contribution in [-0.2, 0) is 0 Å². The Morgan fingerprint density at radius 2 is 2.23 bits per heavy atom. The lowest BCUT2D eigenvalue weighted by Crippen LogP contribution is -2.15. The van der Waals surface area contributed by atoms with E-state index in [0.717, 1.165) is 10.9 Å². The molecule has 0 radical (unpaired) electrons. The lowest BCUT2D eigenvalue weighted by Gasteiger charge is -1.97. The van der Waals surface area contributed by atoms with Crippen molar-refractivity contribution in [2.45, 2.75) is 0 Å². The Morgan fingerprint density at radius 3 is 3.15 bits per heavy atom. The van der Waals surface area contributed by atoms with Gasteiger partial charge in [-0.05, 0) is 12.2 Å². The summed E-state index contributed by atoms with van der Waals surface area (Å²) < 4.78 is 0. The third-order valence-corrected chi connectivity index (χ3v) is 2.11. The highest BCUT2D eigenvalue weighted by molar-refractivity contribution is 5.71. The Labute approximate surface area is 73.3 Å². The molecule has 1 N–H and O–H groups in total. The molecule has 4 heteroatoms. The minimum atomic E-state index is 0.218. The van der Waals surface area contributed by atoms with Gasteiger partial charge < -0.3 is 5.11 Å². The average molecular weight is 171 g/mol. The van der Waals surface area contributed by atoms with Crippen molar-refractivity contribution in [3.05, 3.63) is 22.2 Å². The number of pyridine rings is 1. The van der Waals surface area contributed by atoms with Crippen LogP contribution < -0.4 is 10.6 Å². The van der Waals surface area contributed by atoms with Crippen LogP contribution in [0.25, 0.3) is 18.4 Å². The molecular weight excluding hydrogens is 166 g/mol. The van der Waals surface area contributed by atoms with E-state index in [9.17, 15) is 5.11 Å². The minimum absolute atomic E-state index is 0.218. The van der Waals surface area contributed by atoms with E-state index in [-0.39, 0.29) is 5.75 Å². The molecule has 0 aromatic carbocycles. The molecule has 0 fully saturated rings. The number of allylic oxidation sites excluding steroid dienone is 1. The topological polar surface area (TPSA) is 57.8 Å². The third-order valence-electron chi connectivity index (χ3n) is 2.11. The first kappa shape index (κ1) is 6.54. The zero-order chi connectivity index (χ0) is 8.84. The Bertz CT molecular complexity index is 570. The molecule has 1 aliphatic heterocycles. The normalized spacial score (nSPS) is 15.1. The Morgan fingerprint density at radius 1 is 1.31 bits per heavy atom. The molecule has 1 aromatic rings. The maximum absolute atomic E-state index is 9.77. The van der Waals surface area contributed by atoms with Crippen molar-refractivity contribution in [3.63, 3.8) is 0 Å². The van der Waals surface area contributed by atoms with Crippen LogP contribution in [-0.4, -0.2) is 10.1 Å². The summed E-state index contributed by atoms with van der Waals surface area (Å²) in [6.07, 6.45) is 7.03. The van der Waals surface area contributed by atoms with Gasteiger partial charge in [-0.3, -0.25) is 0 Å². The van der Waals surface area contributed by atoms with Gasteiger partial charge in [-0.1, -0.05) is 6.08 Å². The number of hydrogen-bond acceptors (Lipinski definition) is 4. The lowest BCUT2D eigenvalue weighted by atomic mass is 10.2. The first-order valence-electron chi connectivity index (χ1n) is 3.89. The monoisotopic (exact) mass is 171 g/mol. The third kappa shape index (κ3) is 0.717. The molecule has 1 aromatic heterocycles. The summed E-state index contributed by atoms with van der Waals surface area (Å²) in [6, 6.07) is 0. The van der Waals surface area contributed by atoms with Crippen molar-refractivity contribution < 1.29 is 5.11 Å². The average Bonchev–Trinajstić information content (AvgIpc) is 2.71. The molecule has 0 spiro atoms. The van der Waals surface area contributed by atoms with Gasteiger partial charge in [0.2, 0.25) is 0 Å². The molecule has 0 atom stereocenters. The van der Waals surface area contributed by atoms with E-state index in [0.29, 0.717) is 11.0 Å². The van der Waals surface area contributed by atoms with Crippen molar-refractivity contribution in [2.24, 2.45) is 10.2 Å². The first-order chi connectivity index (χ1) is 6.36. The number of aromatic hydroxyl groups is 1. The van der Waals surface area contributed by atoms with Crippen molar-refractivity contribution in [2.75, 3.05) is 0 Å². The van der Waals surface area contributed by atoms with E-state index in [1.165, 1.54) is 6.20 Å². The SMILES string of the molecule is Oc1c2c(nc3c1=CN=N3)=CC=C2. The van der Waals surface area contributed by atoms with Gasteiger partial charge in [0.05, 0.1) is 16.8 Å². The molecule has 0 saturated carbocycles.